The predicted molar refractivity (Wildman–Crippen MR) is 125 cm³/mol. The number of aliphatic hydroxyl groups excluding tert-OH is 1. The van der Waals surface area contributed by atoms with E-state index in [4.69, 9.17) is 9.47 Å². The third kappa shape index (κ3) is 5.96. The van der Waals surface area contributed by atoms with E-state index in [0.29, 0.717) is 23.5 Å². The van der Waals surface area contributed by atoms with Crippen molar-refractivity contribution in [2.45, 2.75) is 18.6 Å². The lowest BCUT2D eigenvalue weighted by atomic mass is 9.97. The quantitative estimate of drug-likeness (QED) is 0.342. The van der Waals surface area contributed by atoms with Gasteiger partial charge in [0.05, 0.1) is 18.0 Å². The summed E-state index contributed by atoms with van der Waals surface area (Å²) in [7, 11) is -3.60. The van der Waals surface area contributed by atoms with E-state index in [1.807, 2.05) is 18.2 Å². The summed E-state index contributed by atoms with van der Waals surface area (Å²) in [5.41, 5.74) is 2.20. The molecule has 10 heteroatoms. The lowest BCUT2D eigenvalue weighted by Gasteiger charge is -2.22. The van der Waals surface area contributed by atoms with Gasteiger partial charge in [-0.05, 0) is 59.5 Å². The zero-order valence-electron chi connectivity index (χ0n) is 18.4. The van der Waals surface area contributed by atoms with Crippen molar-refractivity contribution in [2.24, 2.45) is 0 Å². The number of benzene rings is 3. The van der Waals surface area contributed by atoms with Crippen molar-refractivity contribution in [3.63, 3.8) is 0 Å². The Morgan fingerprint density at radius 3 is 2.44 bits per heavy atom. The molecule has 4 N–H and O–H groups in total. The molecule has 4 rings (SSSR count). The highest BCUT2D eigenvalue weighted by atomic mass is 32.2. The molecule has 8 nitrogen and oxygen atoms in total. The molecular formula is C24H25FN2O6S. The molecule has 0 saturated carbocycles. The lowest BCUT2D eigenvalue weighted by molar-refractivity contribution is 0.169. The van der Waals surface area contributed by atoms with Gasteiger partial charge in [-0.3, -0.25) is 4.72 Å². The minimum atomic E-state index is -3.60. The molecule has 1 aliphatic heterocycles. The van der Waals surface area contributed by atoms with E-state index in [-0.39, 0.29) is 36.6 Å². The first-order valence-electron chi connectivity index (χ1n) is 10.5. The van der Waals surface area contributed by atoms with E-state index >= 15 is 0 Å². The van der Waals surface area contributed by atoms with E-state index in [0.717, 1.165) is 17.4 Å². The molecule has 34 heavy (non-hydrogen) atoms. The maximum absolute atomic E-state index is 13.4. The first-order valence-corrected chi connectivity index (χ1v) is 12.4. The van der Waals surface area contributed by atoms with Crippen LogP contribution in [-0.2, 0) is 16.4 Å². The fourth-order valence-electron chi connectivity index (χ4n) is 3.71. The lowest BCUT2D eigenvalue weighted by Crippen LogP contribution is -2.28. The zero-order valence-corrected chi connectivity index (χ0v) is 19.2. The van der Waals surface area contributed by atoms with Gasteiger partial charge < -0.3 is 25.0 Å². The third-order valence-electron chi connectivity index (χ3n) is 5.41. The summed E-state index contributed by atoms with van der Waals surface area (Å²) < 4.78 is 49.5. The molecule has 0 spiro atoms. The van der Waals surface area contributed by atoms with Crippen LogP contribution in [0.15, 0.2) is 60.7 Å². The minimum Gasteiger partial charge on any atom is -0.506 e. The van der Waals surface area contributed by atoms with Crippen LogP contribution >= 0.6 is 0 Å². The summed E-state index contributed by atoms with van der Waals surface area (Å²) in [5.74, 6) is 0.708. The first-order chi connectivity index (χ1) is 16.2. The highest BCUT2D eigenvalue weighted by molar-refractivity contribution is 7.92. The van der Waals surface area contributed by atoms with Gasteiger partial charge in [0, 0.05) is 12.6 Å². The Bertz CT molecular complexity index is 1270. The Kier molecular flexibility index (Phi) is 6.92. The van der Waals surface area contributed by atoms with Gasteiger partial charge in [0.2, 0.25) is 16.8 Å². The third-order valence-corrected chi connectivity index (χ3v) is 6.00. The van der Waals surface area contributed by atoms with Crippen molar-refractivity contribution in [3.8, 4) is 17.2 Å². The van der Waals surface area contributed by atoms with Gasteiger partial charge in [0.1, 0.15) is 11.6 Å². The average molecular weight is 489 g/mol. The molecule has 2 atom stereocenters. The van der Waals surface area contributed by atoms with Crippen LogP contribution in [0.3, 0.4) is 0 Å². The van der Waals surface area contributed by atoms with Gasteiger partial charge in [0.15, 0.2) is 11.5 Å². The smallest absolute Gasteiger partial charge is 0.231 e. The summed E-state index contributed by atoms with van der Waals surface area (Å²) in [5, 5.41) is 24.0. The highest BCUT2D eigenvalue weighted by Crippen LogP contribution is 2.35. The van der Waals surface area contributed by atoms with E-state index in [9.17, 15) is 23.0 Å². The largest absolute Gasteiger partial charge is 0.506 e. The zero-order chi connectivity index (χ0) is 24.3. The van der Waals surface area contributed by atoms with Gasteiger partial charge in [-0.1, -0.05) is 24.3 Å². The molecule has 0 fully saturated rings. The molecule has 0 aromatic heterocycles. The SMILES string of the molecule is CS(=O)(=O)Nc1cc([C@@H](O)CN[C@H](Cc2ccc(F)cc2)c2ccc3c(c2)OCO3)ccc1O. The van der Waals surface area contributed by atoms with Crippen molar-refractivity contribution >= 4 is 15.7 Å². The van der Waals surface area contributed by atoms with Crippen LogP contribution in [0.5, 0.6) is 17.2 Å². The van der Waals surface area contributed by atoms with Crippen molar-refractivity contribution in [3.05, 3.63) is 83.2 Å². The van der Waals surface area contributed by atoms with Crippen molar-refractivity contribution in [1.82, 2.24) is 5.32 Å². The molecule has 1 heterocycles. The molecule has 0 saturated heterocycles. The van der Waals surface area contributed by atoms with Crippen molar-refractivity contribution < 1.29 is 32.5 Å². The molecule has 0 aliphatic carbocycles. The Balaban J connectivity index is 1.53. The second-order valence-electron chi connectivity index (χ2n) is 8.07. The number of hydrogen-bond acceptors (Lipinski definition) is 7. The Labute approximate surface area is 197 Å². The molecule has 0 radical (unpaired) electrons. The van der Waals surface area contributed by atoms with E-state index in [2.05, 4.69) is 10.0 Å². The van der Waals surface area contributed by atoms with E-state index in [1.54, 1.807) is 12.1 Å². The Hall–Kier alpha value is -3.34. The van der Waals surface area contributed by atoms with Crippen LogP contribution < -0.4 is 19.5 Å². The molecule has 0 unspecified atom stereocenters. The van der Waals surface area contributed by atoms with Gasteiger partial charge in [-0.25, -0.2) is 12.8 Å². The second kappa shape index (κ2) is 9.88. The summed E-state index contributed by atoms with van der Waals surface area (Å²) in [4.78, 5) is 0. The number of hydrogen-bond donors (Lipinski definition) is 4. The Morgan fingerprint density at radius 2 is 1.71 bits per heavy atom. The highest BCUT2D eigenvalue weighted by Gasteiger charge is 2.20. The summed E-state index contributed by atoms with van der Waals surface area (Å²) in [6.45, 7) is 0.279. The van der Waals surface area contributed by atoms with E-state index in [1.165, 1.54) is 30.3 Å². The van der Waals surface area contributed by atoms with Gasteiger partial charge in [0.25, 0.3) is 0 Å². The van der Waals surface area contributed by atoms with Crippen LogP contribution in [0, 0.1) is 5.82 Å². The fraction of sp³-hybridized carbons (Fsp3) is 0.250. The predicted octanol–water partition coefficient (Wildman–Crippen LogP) is 3.24. The van der Waals surface area contributed by atoms with Crippen LogP contribution in [0.1, 0.15) is 28.8 Å². The van der Waals surface area contributed by atoms with E-state index < -0.39 is 16.1 Å². The normalized spacial score (nSPS) is 14.6. The molecule has 0 bridgehead atoms. The average Bonchev–Trinajstić information content (AvgIpc) is 3.26. The summed E-state index contributed by atoms with van der Waals surface area (Å²) >= 11 is 0. The number of aliphatic hydroxyl groups is 1. The number of phenolic OH excluding ortho intramolecular Hbond substituents is 1. The number of anilines is 1. The first kappa shape index (κ1) is 23.8. The van der Waals surface area contributed by atoms with Crippen LogP contribution in [0.25, 0.3) is 0 Å². The molecule has 3 aromatic carbocycles. The number of fused-ring (bicyclic) bond motifs is 1. The molecule has 0 amide bonds. The van der Waals surface area contributed by atoms with Gasteiger partial charge in [-0.15, -0.1) is 0 Å². The van der Waals surface area contributed by atoms with Gasteiger partial charge >= 0.3 is 0 Å². The summed E-state index contributed by atoms with van der Waals surface area (Å²) in [6, 6.07) is 15.8. The number of rotatable bonds is 9. The van der Waals surface area contributed by atoms with Crippen LogP contribution in [0.2, 0.25) is 0 Å². The molecular weight excluding hydrogens is 463 g/mol. The number of aromatic hydroxyl groups is 1. The van der Waals surface area contributed by atoms with Crippen LogP contribution in [0.4, 0.5) is 10.1 Å². The number of nitrogens with one attached hydrogen (secondary N) is 2. The maximum Gasteiger partial charge on any atom is 0.231 e. The van der Waals surface area contributed by atoms with Crippen LogP contribution in [-0.4, -0.2) is 38.2 Å². The summed E-state index contributed by atoms with van der Waals surface area (Å²) in [6.07, 6.45) is 0.497. The number of halogens is 1. The Morgan fingerprint density at radius 1 is 1.00 bits per heavy atom. The number of phenols is 1. The fourth-order valence-corrected chi connectivity index (χ4v) is 4.27. The minimum absolute atomic E-state index is 0.0160. The van der Waals surface area contributed by atoms with Gasteiger partial charge in [-0.2, -0.15) is 0 Å². The molecule has 1 aliphatic rings. The topological polar surface area (TPSA) is 117 Å². The standard InChI is InChI=1S/C24H25FN2O6S/c1-34(30,31)27-20-11-17(4-8-21(20)28)22(29)13-26-19(10-15-2-6-18(25)7-3-15)16-5-9-23-24(12-16)33-14-32-23/h2-9,11-12,19,22,26-29H,10,13-14H2,1H3/t19-,22+/m1/s1. The second-order valence-corrected chi connectivity index (χ2v) is 9.82. The number of sulfonamides is 1. The maximum atomic E-state index is 13.4. The molecule has 3 aromatic rings. The monoisotopic (exact) mass is 488 g/mol. The number of ether oxygens (including phenoxy) is 2. The van der Waals surface area contributed by atoms with Crippen molar-refractivity contribution in [1.29, 1.82) is 0 Å². The van der Waals surface area contributed by atoms with Crippen molar-refractivity contribution in [2.75, 3.05) is 24.3 Å². The molecule has 180 valence electrons.